The van der Waals surface area contributed by atoms with Gasteiger partial charge in [0.25, 0.3) is 0 Å². The van der Waals surface area contributed by atoms with E-state index in [1.165, 1.54) is 36.9 Å². The normalized spacial score (nSPS) is 17.6. The van der Waals surface area contributed by atoms with Gasteiger partial charge in [0.2, 0.25) is 35.7 Å². The van der Waals surface area contributed by atoms with Gasteiger partial charge in [-0.3, -0.25) is 0 Å². The van der Waals surface area contributed by atoms with Crippen molar-refractivity contribution in [3.05, 3.63) is 168 Å². The molecule has 412 valence electrons. The fraction of sp³-hybridized carbons (Fsp3) is 0.345. The van der Waals surface area contributed by atoms with Gasteiger partial charge in [-0.2, -0.15) is 9.97 Å². The summed E-state index contributed by atoms with van der Waals surface area (Å²) in [6.45, 7) is 9.21. The molecule has 0 unspecified atom stereocenters. The van der Waals surface area contributed by atoms with Crippen LogP contribution in [-0.4, -0.2) is 151 Å². The molecule has 20 nitrogen and oxygen atoms in total. The van der Waals surface area contributed by atoms with Gasteiger partial charge in [-0.05, 0) is 121 Å². The zero-order valence-electron chi connectivity index (χ0n) is 44.4. The van der Waals surface area contributed by atoms with E-state index in [9.17, 15) is 19.0 Å². The number of piperazine rings is 2. The molecule has 4 aromatic heterocycles. The van der Waals surface area contributed by atoms with Crippen LogP contribution in [0.3, 0.4) is 0 Å². The van der Waals surface area contributed by atoms with Crippen molar-refractivity contribution in [2.45, 2.75) is 50.7 Å². The van der Waals surface area contributed by atoms with E-state index in [0.717, 1.165) is 136 Å². The van der Waals surface area contributed by atoms with Crippen molar-refractivity contribution in [2.75, 3.05) is 119 Å². The molecule has 0 radical (unpaired) electrons. The minimum Gasteiger partial charge on any atom is -0.391 e. The molecule has 0 saturated carbocycles. The summed E-state index contributed by atoms with van der Waals surface area (Å²) in [6, 6.07) is 29.2. The van der Waals surface area contributed by atoms with Gasteiger partial charge in [0.1, 0.15) is 24.3 Å². The lowest BCUT2D eigenvalue weighted by molar-refractivity contribution is 0.154. The summed E-state index contributed by atoms with van der Waals surface area (Å²) >= 11 is 0. The number of hydrogen-bond donors (Lipinski definition) is 4. The lowest BCUT2D eigenvalue weighted by Crippen LogP contribution is -2.47. The summed E-state index contributed by atoms with van der Waals surface area (Å²) in [5.41, 5.74) is 8.00. The van der Waals surface area contributed by atoms with Crippen LogP contribution >= 0.6 is 0 Å². The van der Waals surface area contributed by atoms with Crippen molar-refractivity contribution in [3.63, 3.8) is 0 Å². The lowest BCUT2D eigenvalue weighted by atomic mass is 10.1. The molecule has 8 aromatic rings. The monoisotopic (exact) mass is 1080 g/mol. The van der Waals surface area contributed by atoms with Gasteiger partial charge < -0.3 is 50.2 Å². The second kappa shape index (κ2) is 25.4. The van der Waals surface area contributed by atoms with Gasteiger partial charge in [-0.25, -0.2) is 48.7 Å². The van der Waals surface area contributed by atoms with E-state index in [1.54, 1.807) is 24.3 Å². The summed E-state index contributed by atoms with van der Waals surface area (Å²) in [7, 11) is 0. The van der Waals surface area contributed by atoms with Crippen LogP contribution in [0.15, 0.2) is 135 Å². The molecule has 22 heteroatoms. The molecule has 4 fully saturated rings. The Morgan fingerprint density at radius 2 is 0.738 bits per heavy atom. The number of benzene rings is 4. The second-order valence-electron chi connectivity index (χ2n) is 20.4. The van der Waals surface area contributed by atoms with E-state index in [1.807, 2.05) is 49.1 Å². The average molecular weight is 1080 g/mol. The summed E-state index contributed by atoms with van der Waals surface area (Å²) in [4.78, 5) is 58.0. The average Bonchev–Trinajstić information content (AvgIpc) is 3.50. The van der Waals surface area contributed by atoms with Gasteiger partial charge in [0.15, 0.2) is 0 Å². The molecule has 4 aromatic carbocycles. The number of β-amino-alcohol motifs (C(OH)–C–C–N with tert-alkyl or cyclic N) is 2. The number of rotatable bonds is 14. The van der Waals surface area contributed by atoms with Gasteiger partial charge >= 0.3 is 0 Å². The highest BCUT2D eigenvalue weighted by atomic mass is 19.1. The number of piperidine rings is 2. The highest BCUT2D eigenvalue weighted by Crippen LogP contribution is 2.27. The molecule has 80 heavy (non-hydrogen) atoms. The highest BCUT2D eigenvalue weighted by molar-refractivity contribution is 5.61. The first kappa shape index (κ1) is 53.3. The fourth-order valence-corrected chi connectivity index (χ4v) is 10.2. The molecular formula is C58H64F2N18O2. The zero-order chi connectivity index (χ0) is 54.6. The van der Waals surface area contributed by atoms with Crippen LogP contribution in [0.5, 0.6) is 0 Å². The van der Waals surface area contributed by atoms with E-state index in [-0.39, 0.29) is 23.8 Å². The Balaban J connectivity index is 0.000000169. The van der Waals surface area contributed by atoms with Gasteiger partial charge in [-0.1, -0.05) is 24.3 Å². The number of anilines is 10. The number of nitrogens with one attached hydrogen (secondary N) is 2. The molecule has 4 saturated heterocycles. The van der Waals surface area contributed by atoms with Crippen LogP contribution in [0.25, 0.3) is 0 Å². The maximum absolute atomic E-state index is 13.1. The van der Waals surface area contributed by atoms with Crippen molar-refractivity contribution in [3.8, 4) is 0 Å². The number of hydrogen-bond acceptors (Lipinski definition) is 20. The standard InChI is InChI=1S/2C29H32FN9O/c2*30-23-5-3-21(4-6-23)16-22-17-31-28(32-18-22)37-12-14-38(15-13-37)29-34-20-33-27(36-29)35-24-7-9-25(10-8-24)39-11-1-2-26(40)19-39/h2*3-10,17-18,20,26,40H,1-2,11-16,19H2,(H,33,34,35,36)/t2*26-/m10/s1. The predicted molar refractivity (Wildman–Crippen MR) is 305 cm³/mol. The molecule has 4 N–H and O–H groups in total. The van der Waals surface area contributed by atoms with Crippen LogP contribution in [0.4, 0.5) is 67.2 Å². The third kappa shape index (κ3) is 14.1. The van der Waals surface area contributed by atoms with E-state index in [0.29, 0.717) is 61.6 Å². The van der Waals surface area contributed by atoms with Crippen molar-refractivity contribution in [2.24, 2.45) is 0 Å². The number of nitrogens with zero attached hydrogens (tertiary/aromatic N) is 16. The first-order chi connectivity index (χ1) is 39.2. The Morgan fingerprint density at radius 1 is 0.388 bits per heavy atom. The number of aliphatic hydroxyl groups is 2. The largest absolute Gasteiger partial charge is 0.391 e. The van der Waals surface area contributed by atoms with Crippen molar-refractivity contribution in [1.82, 2.24) is 49.8 Å². The topological polar surface area (TPSA) is 213 Å². The third-order valence-electron chi connectivity index (χ3n) is 14.6. The molecule has 0 aliphatic carbocycles. The zero-order valence-corrected chi connectivity index (χ0v) is 44.4. The Labute approximate surface area is 463 Å². The van der Waals surface area contributed by atoms with Crippen LogP contribution in [0.1, 0.15) is 47.9 Å². The van der Waals surface area contributed by atoms with Crippen LogP contribution in [0.2, 0.25) is 0 Å². The predicted octanol–water partition coefficient (Wildman–Crippen LogP) is 6.85. The first-order valence-corrected chi connectivity index (χ1v) is 27.3. The molecule has 2 atom stereocenters. The maximum Gasteiger partial charge on any atom is 0.231 e. The van der Waals surface area contributed by atoms with Crippen molar-refractivity contribution >= 4 is 58.4 Å². The quantitative estimate of drug-likeness (QED) is 0.0877. The molecule has 0 amide bonds. The van der Waals surface area contributed by atoms with Gasteiger partial charge in [-0.15, -0.1) is 0 Å². The minimum absolute atomic E-state index is 0.236. The highest BCUT2D eigenvalue weighted by Gasteiger charge is 2.24. The molecular weight excluding hydrogens is 1020 g/mol. The summed E-state index contributed by atoms with van der Waals surface area (Å²) < 4.78 is 26.3. The van der Waals surface area contributed by atoms with Crippen molar-refractivity contribution < 1.29 is 19.0 Å². The van der Waals surface area contributed by atoms with E-state index in [2.05, 4.69) is 114 Å². The Bertz CT molecular complexity index is 3010. The minimum atomic E-state index is -0.260. The first-order valence-electron chi connectivity index (χ1n) is 27.3. The molecule has 8 heterocycles. The molecule has 4 aliphatic rings. The Hall–Kier alpha value is -8.76. The van der Waals surface area contributed by atoms with E-state index < -0.39 is 0 Å². The summed E-state index contributed by atoms with van der Waals surface area (Å²) in [6.07, 6.45) is 15.0. The van der Waals surface area contributed by atoms with Crippen LogP contribution < -0.4 is 40.0 Å². The van der Waals surface area contributed by atoms with Crippen LogP contribution in [0, 0.1) is 11.6 Å². The number of aromatic nitrogens is 10. The summed E-state index contributed by atoms with van der Waals surface area (Å²) in [5.74, 6) is 3.17. The van der Waals surface area contributed by atoms with Crippen LogP contribution in [-0.2, 0) is 12.8 Å². The molecule has 0 bridgehead atoms. The fourth-order valence-electron chi connectivity index (χ4n) is 10.2. The second-order valence-corrected chi connectivity index (χ2v) is 20.4. The van der Waals surface area contributed by atoms with Gasteiger partial charge in [0, 0.05) is 139 Å². The SMILES string of the molecule is O[C@@H]1CCCN(c2ccc(Nc3ncnc(N4CCN(c5ncc(Cc6ccc(F)cc6)cn5)CC4)n3)cc2)C1.O[C@H]1CCCN(c2ccc(Nc3ncnc(N4CCN(c5ncc(Cc6ccc(F)cc6)cn5)CC4)n3)cc2)C1. The molecule has 4 aliphatic heterocycles. The van der Waals surface area contributed by atoms with Gasteiger partial charge in [0.05, 0.1) is 12.2 Å². The Kier molecular flexibility index (Phi) is 16.9. The molecule has 0 spiro atoms. The van der Waals surface area contributed by atoms with E-state index >= 15 is 0 Å². The smallest absolute Gasteiger partial charge is 0.231 e. The Morgan fingerprint density at radius 3 is 1.09 bits per heavy atom. The summed E-state index contributed by atoms with van der Waals surface area (Å²) in [5, 5.41) is 26.5. The number of halogens is 2. The molecule has 12 rings (SSSR count). The van der Waals surface area contributed by atoms with Crippen molar-refractivity contribution in [1.29, 1.82) is 0 Å². The number of aliphatic hydroxyl groups excluding tert-OH is 2. The lowest BCUT2D eigenvalue weighted by Gasteiger charge is -2.34. The van der Waals surface area contributed by atoms with E-state index in [4.69, 9.17) is 0 Å². The third-order valence-corrected chi connectivity index (χ3v) is 14.6. The maximum atomic E-state index is 13.1.